The molecule has 0 saturated carbocycles. The van der Waals surface area contributed by atoms with Gasteiger partial charge in [-0.2, -0.15) is 57.1 Å². The summed E-state index contributed by atoms with van der Waals surface area (Å²) in [6.07, 6.45) is -6.51. The smallest absolute Gasteiger partial charge is 0.217 e. The van der Waals surface area contributed by atoms with E-state index in [0.29, 0.717) is 12.1 Å². The van der Waals surface area contributed by atoms with Crippen LogP contribution < -0.4 is 4.13 Å². The van der Waals surface area contributed by atoms with Crippen molar-refractivity contribution in [2.75, 3.05) is 0 Å². The van der Waals surface area contributed by atoms with E-state index in [4.69, 9.17) is 0 Å². The van der Waals surface area contributed by atoms with Gasteiger partial charge in [0.2, 0.25) is 0 Å². The fourth-order valence-electron chi connectivity index (χ4n) is 2.93. The lowest BCUT2D eigenvalue weighted by molar-refractivity contribution is -0.332. The van der Waals surface area contributed by atoms with E-state index in [1.165, 1.54) is 6.07 Å². The third-order valence-electron chi connectivity index (χ3n) is 5.11. The predicted molar refractivity (Wildman–Crippen MR) is 113 cm³/mol. The summed E-state index contributed by atoms with van der Waals surface area (Å²) < 4.78 is 246. The van der Waals surface area contributed by atoms with Crippen LogP contribution in [0.1, 0.15) is 5.56 Å². The van der Waals surface area contributed by atoms with E-state index in [1.807, 2.05) is 0 Å². The topological polar surface area (TPSA) is 114 Å². The first-order chi connectivity index (χ1) is 18.0. The van der Waals surface area contributed by atoms with Gasteiger partial charge in [0, 0.05) is 5.39 Å². The van der Waals surface area contributed by atoms with Gasteiger partial charge in [-0.3, -0.25) is 0 Å². The van der Waals surface area contributed by atoms with Crippen molar-refractivity contribution in [3.05, 3.63) is 48.5 Å². The lowest BCUT2D eigenvalue weighted by Crippen LogP contribution is -2.65. The second-order valence-electron chi connectivity index (χ2n) is 7.69. The summed E-state index contributed by atoms with van der Waals surface area (Å²) in [6.45, 7) is 3.29. The zero-order valence-corrected chi connectivity index (χ0v) is 21.3. The lowest BCUT2D eigenvalue weighted by atomic mass is 10.0. The van der Waals surface area contributed by atoms with Crippen LogP contribution in [0.15, 0.2) is 47.9 Å². The van der Waals surface area contributed by atoms with Crippen LogP contribution in [-0.2, 0) is 29.9 Å². The van der Waals surface area contributed by atoms with E-state index in [2.05, 4.69) is 6.58 Å². The Morgan fingerprint density at radius 3 is 1.41 bits per heavy atom. The molecule has 0 radical (unpaired) electrons. The molecule has 23 heteroatoms. The van der Waals surface area contributed by atoms with Gasteiger partial charge in [-0.1, -0.05) is 47.1 Å². The summed E-state index contributed by atoms with van der Waals surface area (Å²) in [4.78, 5) is -1.84. The molecule has 0 unspecified atom stereocenters. The molecule has 0 aliphatic heterocycles. The normalized spacial score (nSPS) is 15.2. The van der Waals surface area contributed by atoms with Gasteiger partial charge in [0.15, 0.2) is 0 Å². The highest BCUT2D eigenvalue weighted by molar-refractivity contribution is 8.05. The van der Waals surface area contributed by atoms with Crippen LogP contribution in [-0.4, -0.2) is 59.0 Å². The maximum absolute atomic E-state index is 14.7. The van der Waals surface area contributed by atoms with Gasteiger partial charge >= 0.3 is 33.8 Å². The predicted octanol–water partition coefficient (Wildman–Crippen LogP) is 5.12. The van der Waals surface area contributed by atoms with Crippen LogP contribution in [0.2, 0.25) is 0 Å². The number of sulfone groups is 1. The quantitative estimate of drug-likeness (QED) is 0.349. The molecular formula is C18H10F13NO6S3. The molecule has 0 aromatic heterocycles. The average Bonchev–Trinajstić information content (AvgIpc) is 2.81. The molecule has 232 valence electrons. The lowest BCUT2D eigenvalue weighted by Gasteiger charge is -2.33. The van der Waals surface area contributed by atoms with Gasteiger partial charge in [-0.15, -0.1) is 0 Å². The zero-order chi connectivity index (χ0) is 32.5. The minimum atomic E-state index is -8.40. The monoisotopic (exact) mass is 679 g/mol. The Labute approximate surface area is 220 Å². The zero-order valence-electron chi connectivity index (χ0n) is 18.8. The summed E-state index contributed by atoms with van der Waals surface area (Å²) in [5, 5.41) is -23.9. The van der Waals surface area contributed by atoms with E-state index < -0.39 is 78.1 Å². The maximum Gasteiger partial charge on any atom is 0.461 e. The molecule has 2 rings (SSSR count). The first-order valence-corrected chi connectivity index (χ1v) is 14.1. The number of hydrogen-bond acceptors (Lipinski definition) is 6. The standard InChI is InChI=1S/C18H10F13NO6S3/c1-2-9-7-8-12(11-6-4-3-5-10(9)11)39(33,34)16(26,27)14(21,22)18(30,31)41(37,38)32-40(35,36)17(28,29)13(19,20)15(23,24)25/h2-8,32H,1H2. The first-order valence-electron chi connectivity index (χ1n) is 9.62. The summed E-state index contributed by atoms with van der Waals surface area (Å²) in [5.74, 6) is -15.6. The molecule has 2 aromatic rings. The Morgan fingerprint density at radius 1 is 0.585 bits per heavy atom. The third-order valence-corrected chi connectivity index (χ3v) is 10.6. The van der Waals surface area contributed by atoms with Gasteiger partial charge in [0.25, 0.3) is 29.9 Å². The molecule has 0 saturated heterocycles. The highest BCUT2D eigenvalue weighted by atomic mass is 32.3. The first kappa shape index (κ1) is 34.5. The highest BCUT2D eigenvalue weighted by Gasteiger charge is 2.84. The van der Waals surface area contributed by atoms with E-state index in [1.54, 1.807) is 0 Å². The number of hydrogen-bond donors (Lipinski definition) is 1. The third kappa shape index (κ3) is 4.82. The summed E-state index contributed by atoms with van der Waals surface area (Å²) in [7, 11) is -23.9. The second-order valence-corrected chi connectivity index (χ2v) is 13.4. The molecule has 0 spiro atoms. The Morgan fingerprint density at radius 2 is 1.00 bits per heavy atom. The molecule has 7 nitrogen and oxygen atoms in total. The highest BCUT2D eigenvalue weighted by Crippen LogP contribution is 2.54. The fourth-order valence-corrected chi connectivity index (χ4v) is 7.37. The Bertz CT molecular complexity index is 1700. The van der Waals surface area contributed by atoms with Crippen LogP contribution in [0.25, 0.3) is 16.8 Å². The van der Waals surface area contributed by atoms with Crippen LogP contribution >= 0.6 is 0 Å². The van der Waals surface area contributed by atoms with Crippen molar-refractivity contribution >= 4 is 46.7 Å². The molecular weight excluding hydrogens is 669 g/mol. The van der Waals surface area contributed by atoms with E-state index >= 15 is 0 Å². The molecule has 0 fully saturated rings. The Balaban J connectivity index is 2.72. The molecule has 0 heterocycles. The van der Waals surface area contributed by atoms with Crippen molar-refractivity contribution in [2.45, 2.75) is 38.7 Å². The van der Waals surface area contributed by atoms with Crippen LogP contribution in [0, 0.1) is 0 Å². The van der Waals surface area contributed by atoms with E-state index in [-0.39, 0.29) is 17.0 Å². The van der Waals surface area contributed by atoms with Crippen molar-refractivity contribution in [1.29, 1.82) is 0 Å². The average molecular weight is 679 g/mol. The molecule has 0 amide bonds. The van der Waals surface area contributed by atoms with E-state index in [0.717, 1.165) is 18.2 Å². The number of nitrogens with one attached hydrogen (secondary N) is 1. The molecule has 41 heavy (non-hydrogen) atoms. The van der Waals surface area contributed by atoms with Crippen LogP contribution in [0.3, 0.4) is 0 Å². The summed E-state index contributed by atoms with van der Waals surface area (Å²) in [5.41, 5.74) is -0.0199. The fraction of sp³-hybridized carbons (Fsp3) is 0.333. The van der Waals surface area contributed by atoms with Crippen molar-refractivity contribution < 1.29 is 82.3 Å². The maximum atomic E-state index is 14.7. The molecule has 0 aliphatic rings. The summed E-state index contributed by atoms with van der Waals surface area (Å²) in [6, 6.07) is 4.69. The molecule has 2 aromatic carbocycles. The number of rotatable bonds is 10. The number of benzene rings is 2. The number of sulfonamides is 2. The minimum Gasteiger partial charge on any atom is -0.217 e. The van der Waals surface area contributed by atoms with Crippen molar-refractivity contribution in [1.82, 2.24) is 4.13 Å². The molecule has 0 bridgehead atoms. The second kappa shape index (κ2) is 9.69. The largest absolute Gasteiger partial charge is 0.461 e. The van der Waals surface area contributed by atoms with Gasteiger partial charge in [0.1, 0.15) is 0 Å². The Hall–Kier alpha value is -2.66. The summed E-state index contributed by atoms with van der Waals surface area (Å²) >= 11 is 0. The van der Waals surface area contributed by atoms with E-state index in [9.17, 15) is 82.3 Å². The Kier molecular flexibility index (Phi) is 8.16. The number of halogens is 13. The molecule has 0 atom stereocenters. The van der Waals surface area contributed by atoms with Gasteiger partial charge in [-0.25, -0.2) is 25.3 Å². The van der Waals surface area contributed by atoms with Crippen LogP contribution in [0.4, 0.5) is 57.1 Å². The molecule has 1 N–H and O–H groups in total. The van der Waals surface area contributed by atoms with Crippen LogP contribution in [0.5, 0.6) is 0 Å². The van der Waals surface area contributed by atoms with Gasteiger partial charge < -0.3 is 0 Å². The van der Waals surface area contributed by atoms with Crippen molar-refractivity contribution in [3.63, 3.8) is 0 Å². The van der Waals surface area contributed by atoms with Crippen molar-refractivity contribution in [2.24, 2.45) is 0 Å². The molecule has 0 aliphatic carbocycles. The van der Waals surface area contributed by atoms with Gasteiger partial charge in [-0.05, 0) is 17.0 Å². The SMILES string of the molecule is C=Cc1ccc(S(=O)(=O)C(F)(F)C(F)(F)C(F)(F)S(=O)(=O)NS(=O)(=O)C(F)(F)C(F)(F)C(F)(F)F)c2ccccc12. The van der Waals surface area contributed by atoms with Gasteiger partial charge in [0.05, 0.1) is 4.90 Å². The minimum absolute atomic E-state index is 0.0199. The number of alkyl halides is 13. The van der Waals surface area contributed by atoms with Crippen molar-refractivity contribution in [3.8, 4) is 0 Å². The number of fused-ring (bicyclic) bond motifs is 1.